The summed E-state index contributed by atoms with van der Waals surface area (Å²) in [5, 5.41) is 36.0. The van der Waals surface area contributed by atoms with Crippen LogP contribution in [-0.4, -0.2) is 57.7 Å². The molecule has 0 aromatic rings. The van der Waals surface area contributed by atoms with Gasteiger partial charge in [-0.3, -0.25) is 0 Å². The monoisotopic (exact) mass is 179 g/mol. The summed E-state index contributed by atoms with van der Waals surface area (Å²) in [7, 11) is 0. The Kier molecular flexibility index (Phi) is 2.99. The zero-order chi connectivity index (χ0) is 9.30. The number of aliphatic hydroxyl groups excluding tert-OH is 4. The van der Waals surface area contributed by atoms with Gasteiger partial charge in [0.1, 0.15) is 18.3 Å². The molecule has 0 unspecified atom stereocenters. The van der Waals surface area contributed by atoms with Crippen molar-refractivity contribution in [2.45, 2.75) is 30.6 Å². The molecular weight excluding hydrogens is 166 g/mol. The van der Waals surface area contributed by atoms with Crippen LogP contribution in [0.3, 0.4) is 0 Å². The SMILES string of the molecule is N[C@@H]1[C@@H](O)[C@H](O)O[C@H](CO)[C@H]1O. The number of ether oxygens (including phenoxy) is 1. The number of rotatable bonds is 1. The van der Waals surface area contributed by atoms with E-state index in [-0.39, 0.29) is 0 Å². The maximum absolute atomic E-state index is 9.24. The van der Waals surface area contributed by atoms with Crippen molar-refractivity contribution in [3.8, 4) is 0 Å². The largest absolute Gasteiger partial charge is 0.394 e. The molecule has 0 aliphatic carbocycles. The first kappa shape index (κ1) is 9.85. The van der Waals surface area contributed by atoms with Gasteiger partial charge in [0.2, 0.25) is 0 Å². The Morgan fingerprint density at radius 2 is 1.75 bits per heavy atom. The van der Waals surface area contributed by atoms with Crippen LogP contribution in [0.25, 0.3) is 0 Å². The fraction of sp³-hybridized carbons (Fsp3) is 1.00. The van der Waals surface area contributed by atoms with Crippen molar-refractivity contribution >= 4 is 0 Å². The summed E-state index contributed by atoms with van der Waals surface area (Å²) >= 11 is 0. The van der Waals surface area contributed by atoms with Gasteiger partial charge in [0.15, 0.2) is 6.29 Å². The Morgan fingerprint density at radius 1 is 1.17 bits per heavy atom. The van der Waals surface area contributed by atoms with Crippen LogP contribution in [0.2, 0.25) is 0 Å². The zero-order valence-corrected chi connectivity index (χ0v) is 6.37. The van der Waals surface area contributed by atoms with Crippen LogP contribution in [-0.2, 0) is 4.74 Å². The lowest BCUT2D eigenvalue weighted by Gasteiger charge is -2.38. The Hall–Kier alpha value is -0.240. The van der Waals surface area contributed by atoms with Gasteiger partial charge in [-0.15, -0.1) is 0 Å². The minimum absolute atomic E-state index is 0.446. The number of hydrogen-bond donors (Lipinski definition) is 5. The van der Waals surface area contributed by atoms with Gasteiger partial charge < -0.3 is 30.9 Å². The van der Waals surface area contributed by atoms with E-state index in [0.29, 0.717) is 0 Å². The predicted octanol–water partition coefficient (Wildman–Crippen LogP) is -3.26. The van der Waals surface area contributed by atoms with E-state index >= 15 is 0 Å². The minimum Gasteiger partial charge on any atom is -0.394 e. The fourth-order valence-electron chi connectivity index (χ4n) is 1.13. The molecule has 0 radical (unpaired) electrons. The highest BCUT2D eigenvalue weighted by atomic mass is 16.6. The van der Waals surface area contributed by atoms with E-state index in [0.717, 1.165) is 0 Å². The Morgan fingerprint density at radius 3 is 2.25 bits per heavy atom. The standard InChI is InChI=1S/C6H13NO5/c7-3-4(9)2(1-8)12-6(11)5(3)10/h2-6,8-11H,1,7H2/t2-,3+,4-,5-,6-/m1/s1. The lowest BCUT2D eigenvalue weighted by atomic mass is 9.97. The van der Waals surface area contributed by atoms with Crippen molar-refractivity contribution in [3.63, 3.8) is 0 Å². The Labute approximate surface area is 69.2 Å². The third-order valence-electron chi connectivity index (χ3n) is 1.96. The molecule has 0 spiro atoms. The van der Waals surface area contributed by atoms with Gasteiger partial charge in [-0.25, -0.2) is 0 Å². The van der Waals surface area contributed by atoms with Gasteiger partial charge in [-0.2, -0.15) is 0 Å². The van der Waals surface area contributed by atoms with E-state index in [1.807, 2.05) is 0 Å². The van der Waals surface area contributed by atoms with Crippen LogP contribution in [0.1, 0.15) is 0 Å². The van der Waals surface area contributed by atoms with Gasteiger partial charge in [0.05, 0.1) is 12.6 Å². The topological polar surface area (TPSA) is 116 Å². The normalized spacial score (nSPS) is 49.2. The Balaban J connectivity index is 2.63. The highest BCUT2D eigenvalue weighted by Gasteiger charge is 2.41. The first-order valence-corrected chi connectivity index (χ1v) is 3.64. The van der Waals surface area contributed by atoms with Crippen molar-refractivity contribution < 1.29 is 25.2 Å². The molecule has 1 heterocycles. The molecule has 72 valence electrons. The van der Waals surface area contributed by atoms with Gasteiger partial charge in [-0.1, -0.05) is 0 Å². The summed E-state index contributed by atoms with van der Waals surface area (Å²) in [6.45, 7) is -0.446. The van der Waals surface area contributed by atoms with Crippen LogP contribution in [0.4, 0.5) is 0 Å². The smallest absolute Gasteiger partial charge is 0.183 e. The molecule has 5 atom stereocenters. The predicted molar refractivity (Wildman–Crippen MR) is 38.0 cm³/mol. The average molecular weight is 179 g/mol. The van der Waals surface area contributed by atoms with Gasteiger partial charge >= 0.3 is 0 Å². The fourth-order valence-corrected chi connectivity index (χ4v) is 1.13. The second kappa shape index (κ2) is 3.65. The molecular formula is C6H13NO5. The molecule has 0 saturated carbocycles. The van der Waals surface area contributed by atoms with Crippen molar-refractivity contribution in [1.29, 1.82) is 0 Å². The molecule has 1 fully saturated rings. The van der Waals surface area contributed by atoms with Gasteiger partial charge in [0, 0.05) is 0 Å². The number of hydrogen-bond acceptors (Lipinski definition) is 6. The van der Waals surface area contributed by atoms with Crippen LogP contribution in [0, 0.1) is 0 Å². The first-order chi connectivity index (χ1) is 5.57. The van der Waals surface area contributed by atoms with Crippen molar-refractivity contribution in [2.24, 2.45) is 5.73 Å². The van der Waals surface area contributed by atoms with E-state index in [1.54, 1.807) is 0 Å². The van der Waals surface area contributed by atoms with Crippen LogP contribution in [0.5, 0.6) is 0 Å². The summed E-state index contributed by atoms with van der Waals surface area (Å²) in [6.07, 6.45) is -4.85. The van der Waals surface area contributed by atoms with Gasteiger partial charge in [0.25, 0.3) is 0 Å². The van der Waals surface area contributed by atoms with Crippen molar-refractivity contribution in [3.05, 3.63) is 0 Å². The summed E-state index contributed by atoms with van der Waals surface area (Å²) in [6, 6.07) is -0.995. The molecule has 0 aromatic heterocycles. The van der Waals surface area contributed by atoms with E-state index in [9.17, 15) is 5.11 Å². The van der Waals surface area contributed by atoms with E-state index in [4.69, 9.17) is 21.1 Å². The molecule has 6 N–H and O–H groups in total. The molecule has 1 saturated heterocycles. The highest BCUT2D eigenvalue weighted by Crippen LogP contribution is 2.17. The third-order valence-corrected chi connectivity index (χ3v) is 1.96. The van der Waals surface area contributed by atoms with E-state index in [1.165, 1.54) is 0 Å². The van der Waals surface area contributed by atoms with E-state index < -0.39 is 37.3 Å². The molecule has 0 amide bonds. The molecule has 6 nitrogen and oxygen atoms in total. The zero-order valence-electron chi connectivity index (χ0n) is 6.37. The maximum atomic E-state index is 9.24. The van der Waals surface area contributed by atoms with Crippen LogP contribution >= 0.6 is 0 Å². The second-order valence-corrected chi connectivity index (χ2v) is 2.81. The minimum atomic E-state index is -1.44. The Bertz CT molecular complexity index is 150. The van der Waals surface area contributed by atoms with Crippen LogP contribution in [0.15, 0.2) is 0 Å². The number of aliphatic hydroxyl groups is 4. The molecule has 1 rings (SSSR count). The quantitative estimate of drug-likeness (QED) is 0.288. The van der Waals surface area contributed by atoms with Crippen molar-refractivity contribution in [2.75, 3.05) is 6.61 Å². The lowest BCUT2D eigenvalue weighted by Crippen LogP contribution is -2.62. The van der Waals surface area contributed by atoms with Crippen LogP contribution < -0.4 is 5.73 Å². The summed E-state index contributed by atoms with van der Waals surface area (Å²) in [5.41, 5.74) is 5.33. The summed E-state index contributed by atoms with van der Waals surface area (Å²) in [5.74, 6) is 0. The maximum Gasteiger partial charge on any atom is 0.183 e. The third kappa shape index (κ3) is 1.58. The molecule has 1 aliphatic heterocycles. The van der Waals surface area contributed by atoms with Gasteiger partial charge in [-0.05, 0) is 0 Å². The average Bonchev–Trinajstić information content (AvgIpc) is 2.08. The van der Waals surface area contributed by atoms with Crippen molar-refractivity contribution in [1.82, 2.24) is 0 Å². The molecule has 1 aliphatic rings. The summed E-state index contributed by atoms with van der Waals surface area (Å²) < 4.78 is 4.66. The molecule has 0 bridgehead atoms. The molecule has 6 heteroatoms. The molecule has 12 heavy (non-hydrogen) atoms. The summed E-state index contributed by atoms with van der Waals surface area (Å²) in [4.78, 5) is 0. The first-order valence-electron chi connectivity index (χ1n) is 3.64. The lowest BCUT2D eigenvalue weighted by molar-refractivity contribution is -0.258. The van der Waals surface area contributed by atoms with E-state index in [2.05, 4.69) is 4.74 Å². The second-order valence-electron chi connectivity index (χ2n) is 2.81. The number of nitrogens with two attached hydrogens (primary N) is 1. The molecule has 0 aromatic carbocycles. The highest BCUT2D eigenvalue weighted by molar-refractivity contribution is 4.90.